The average Bonchev–Trinajstić information content (AvgIpc) is 3.56. The van der Waals surface area contributed by atoms with Crippen LogP contribution in [0, 0.1) is 5.41 Å². The second-order valence-electron chi connectivity index (χ2n) is 7.29. The van der Waals surface area contributed by atoms with E-state index < -0.39 is 27.5 Å². The van der Waals surface area contributed by atoms with Gasteiger partial charge in [0, 0.05) is 19.6 Å². The van der Waals surface area contributed by atoms with Crippen molar-refractivity contribution in [2.45, 2.75) is 24.0 Å². The minimum Gasteiger partial charge on any atom is -0.460 e. The number of imide groups is 1. The molecule has 29 heavy (non-hydrogen) atoms. The van der Waals surface area contributed by atoms with Crippen LogP contribution in [0.5, 0.6) is 0 Å². The van der Waals surface area contributed by atoms with Gasteiger partial charge in [0.05, 0.1) is 6.61 Å². The average molecular weight is 414 g/mol. The number of nitrogens with one attached hydrogen (secondary N) is 1. The molecular formula is C21H22N2O5S. The molecule has 2 aliphatic heterocycles. The van der Waals surface area contributed by atoms with Crippen molar-refractivity contribution < 1.29 is 23.9 Å². The Morgan fingerprint density at radius 3 is 2.62 bits per heavy atom. The zero-order valence-electron chi connectivity index (χ0n) is 16.0. The van der Waals surface area contributed by atoms with Gasteiger partial charge in [-0.2, -0.15) is 0 Å². The number of benzene rings is 1. The van der Waals surface area contributed by atoms with Gasteiger partial charge in [-0.3, -0.25) is 19.3 Å². The summed E-state index contributed by atoms with van der Waals surface area (Å²) in [5.41, 5.74) is -0.602. The summed E-state index contributed by atoms with van der Waals surface area (Å²) in [6.45, 7) is 1.08. The van der Waals surface area contributed by atoms with Gasteiger partial charge in [0.2, 0.25) is 4.93 Å². The molecule has 2 fully saturated rings. The number of esters is 1. The fourth-order valence-corrected chi connectivity index (χ4v) is 4.70. The summed E-state index contributed by atoms with van der Waals surface area (Å²) >= 11 is 0.756. The van der Waals surface area contributed by atoms with Crippen LogP contribution in [0.2, 0.25) is 0 Å². The number of rotatable bonds is 7. The molecule has 1 aliphatic carbocycles. The van der Waals surface area contributed by atoms with E-state index >= 15 is 0 Å². The minimum absolute atomic E-state index is 0.0713. The number of amides is 2. The lowest BCUT2D eigenvalue weighted by Crippen LogP contribution is -2.57. The third-order valence-corrected chi connectivity index (χ3v) is 6.70. The Labute approximate surface area is 173 Å². The molecule has 3 aliphatic rings. The van der Waals surface area contributed by atoms with Gasteiger partial charge in [-0.05, 0) is 23.7 Å². The molecule has 3 atom stereocenters. The summed E-state index contributed by atoms with van der Waals surface area (Å²) in [6, 6.07) is 9.43. The molecule has 0 bridgehead atoms. The van der Waals surface area contributed by atoms with Crippen molar-refractivity contribution >= 4 is 28.9 Å². The zero-order chi connectivity index (χ0) is 20.5. The van der Waals surface area contributed by atoms with Crippen molar-refractivity contribution in [2.24, 2.45) is 5.41 Å². The van der Waals surface area contributed by atoms with Crippen LogP contribution >= 0.6 is 11.8 Å². The topological polar surface area (TPSA) is 94.9 Å². The largest absolute Gasteiger partial charge is 0.460 e. The number of hydrogen-bond donors (Lipinski definition) is 1. The number of hydrogen-bond acceptors (Lipinski definition) is 7. The van der Waals surface area contributed by atoms with Crippen molar-refractivity contribution in [3.05, 3.63) is 60.2 Å². The molecule has 0 spiro atoms. The first kappa shape index (κ1) is 19.9. The molecule has 2 heterocycles. The van der Waals surface area contributed by atoms with Crippen LogP contribution in [0.25, 0.3) is 0 Å². The maximum Gasteiger partial charge on any atom is 0.321 e. The monoisotopic (exact) mass is 414 g/mol. The second kappa shape index (κ2) is 7.78. The molecule has 4 rings (SSSR count). The van der Waals surface area contributed by atoms with E-state index in [0.717, 1.165) is 28.8 Å². The summed E-state index contributed by atoms with van der Waals surface area (Å²) in [5.74, 6) is -1.13. The standard InChI is InChI=1S/C21H22N2O5S/c1-23-17(24)21(29-19(23)26,28-14-16-12-22-16)20(10-6-3-7-11-20)18(25)27-13-15-8-4-2-5-9-15/h2-10,16,22H,11-14H2,1H3/t16-,20?,21?/m0/s1. The van der Waals surface area contributed by atoms with E-state index in [1.165, 1.54) is 7.05 Å². The predicted molar refractivity (Wildman–Crippen MR) is 108 cm³/mol. The van der Waals surface area contributed by atoms with Gasteiger partial charge < -0.3 is 14.8 Å². The molecule has 0 saturated carbocycles. The number of allylic oxidation sites excluding steroid dienone is 3. The number of thioether (sulfide) groups is 1. The van der Waals surface area contributed by atoms with Crippen LogP contribution in [-0.4, -0.2) is 53.2 Å². The Morgan fingerprint density at radius 1 is 1.28 bits per heavy atom. The summed E-state index contributed by atoms with van der Waals surface area (Å²) in [4.78, 5) is 38.4. The molecule has 0 radical (unpaired) electrons. The smallest absolute Gasteiger partial charge is 0.321 e. The van der Waals surface area contributed by atoms with Crippen molar-refractivity contribution in [1.29, 1.82) is 0 Å². The number of carbonyl (C=O) groups is 3. The molecule has 1 aromatic rings. The maximum atomic E-state index is 13.4. The van der Waals surface area contributed by atoms with Gasteiger partial charge in [-0.25, -0.2) is 0 Å². The van der Waals surface area contributed by atoms with E-state index in [-0.39, 0.29) is 25.7 Å². The molecule has 8 heteroatoms. The van der Waals surface area contributed by atoms with Crippen LogP contribution in [0.4, 0.5) is 4.79 Å². The molecule has 2 unspecified atom stereocenters. The highest BCUT2D eigenvalue weighted by Gasteiger charge is 2.68. The first-order chi connectivity index (χ1) is 14.0. The van der Waals surface area contributed by atoms with Crippen LogP contribution < -0.4 is 5.32 Å². The van der Waals surface area contributed by atoms with Gasteiger partial charge in [-0.15, -0.1) is 0 Å². The summed E-state index contributed by atoms with van der Waals surface area (Å²) in [6.07, 6.45) is 7.13. The van der Waals surface area contributed by atoms with E-state index in [1.54, 1.807) is 24.3 Å². The third-order valence-electron chi connectivity index (χ3n) is 5.30. The minimum atomic E-state index is -1.70. The van der Waals surface area contributed by atoms with Crippen LogP contribution in [-0.2, 0) is 25.7 Å². The van der Waals surface area contributed by atoms with E-state index in [9.17, 15) is 14.4 Å². The maximum absolute atomic E-state index is 13.4. The highest BCUT2D eigenvalue weighted by molar-refractivity contribution is 8.16. The third kappa shape index (κ3) is 3.52. The Hall–Kier alpha value is -2.42. The van der Waals surface area contributed by atoms with Crippen LogP contribution in [0.15, 0.2) is 54.6 Å². The fourth-order valence-electron chi connectivity index (χ4n) is 3.46. The Bertz CT molecular complexity index is 882. The van der Waals surface area contributed by atoms with Crippen molar-refractivity contribution in [3.63, 3.8) is 0 Å². The Kier molecular flexibility index (Phi) is 5.33. The van der Waals surface area contributed by atoms with Gasteiger partial charge in [0.1, 0.15) is 12.0 Å². The van der Waals surface area contributed by atoms with Gasteiger partial charge in [0.15, 0.2) is 0 Å². The van der Waals surface area contributed by atoms with Gasteiger partial charge in [-0.1, -0.05) is 54.6 Å². The first-order valence-electron chi connectivity index (χ1n) is 9.42. The zero-order valence-corrected chi connectivity index (χ0v) is 16.8. The fraction of sp³-hybridized carbons (Fsp3) is 0.381. The van der Waals surface area contributed by atoms with E-state index in [0.29, 0.717) is 0 Å². The highest BCUT2D eigenvalue weighted by atomic mass is 32.2. The summed E-state index contributed by atoms with van der Waals surface area (Å²) in [5, 5.41) is 2.66. The van der Waals surface area contributed by atoms with Crippen LogP contribution in [0.1, 0.15) is 12.0 Å². The van der Waals surface area contributed by atoms with E-state index in [2.05, 4.69) is 5.32 Å². The lowest BCUT2D eigenvalue weighted by molar-refractivity contribution is -0.173. The lowest BCUT2D eigenvalue weighted by Gasteiger charge is -2.41. The first-order valence-corrected chi connectivity index (χ1v) is 10.2. The second-order valence-corrected chi connectivity index (χ2v) is 8.42. The number of likely N-dealkylation sites (N-methyl/N-ethyl adjacent to an activating group) is 1. The normalized spacial score (nSPS) is 30.7. The van der Waals surface area contributed by atoms with Crippen LogP contribution in [0.3, 0.4) is 0 Å². The van der Waals surface area contributed by atoms with Crippen molar-refractivity contribution in [3.8, 4) is 0 Å². The van der Waals surface area contributed by atoms with Gasteiger partial charge >= 0.3 is 5.97 Å². The van der Waals surface area contributed by atoms with Crippen molar-refractivity contribution in [1.82, 2.24) is 10.2 Å². The highest BCUT2D eigenvalue weighted by Crippen LogP contribution is 2.54. The Morgan fingerprint density at radius 2 is 2.03 bits per heavy atom. The summed E-state index contributed by atoms with van der Waals surface area (Å²) < 4.78 is 11.7. The lowest BCUT2D eigenvalue weighted by atomic mass is 9.75. The number of carbonyl (C=O) groups excluding carboxylic acids is 3. The summed E-state index contributed by atoms with van der Waals surface area (Å²) in [7, 11) is 1.41. The molecule has 2 saturated heterocycles. The molecule has 152 valence electrons. The van der Waals surface area contributed by atoms with E-state index in [1.807, 2.05) is 30.3 Å². The van der Waals surface area contributed by atoms with Crippen molar-refractivity contribution in [2.75, 3.05) is 20.2 Å². The molecule has 7 nitrogen and oxygen atoms in total. The number of ether oxygens (including phenoxy) is 2. The van der Waals surface area contributed by atoms with Gasteiger partial charge in [0.25, 0.3) is 11.1 Å². The number of nitrogens with zero attached hydrogens (tertiary/aromatic N) is 1. The molecule has 1 aromatic carbocycles. The molecular weight excluding hydrogens is 392 g/mol. The molecule has 0 aromatic heterocycles. The predicted octanol–water partition coefficient (Wildman–Crippen LogP) is 2.24. The SMILES string of the molecule is CN1C(=O)SC(OC[C@@H]2CN2)(C2(C(=O)OCc3ccccc3)C=CC=CC2)C1=O. The Balaban J connectivity index is 1.67. The van der Waals surface area contributed by atoms with E-state index in [4.69, 9.17) is 9.47 Å². The molecule has 1 N–H and O–H groups in total. The molecule has 2 amide bonds. The quantitative estimate of drug-likeness (QED) is 0.540.